The molecule has 4 N–H and O–H groups in total. The number of guanidine groups is 1. The summed E-state index contributed by atoms with van der Waals surface area (Å²) in [4.78, 5) is 9.18. The maximum Gasteiger partial charge on any atom is 0.212 e. The Balaban J connectivity index is 1.69. The summed E-state index contributed by atoms with van der Waals surface area (Å²) < 4.78 is 19.1. The Morgan fingerprint density at radius 1 is 1.24 bits per heavy atom. The zero-order chi connectivity index (χ0) is 20.0. The zero-order valence-electron chi connectivity index (χ0n) is 15.9. The van der Waals surface area contributed by atoms with Gasteiger partial charge in [-0.15, -0.1) is 0 Å². The smallest absolute Gasteiger partial charge is 0.212 e. The number of aromatic nitrogens is 2. The Kier molecular flexibility index (Phi) is 4.08. The molecule has 2 aromatic carbocycles. The van der Waals surface area contributed by atoms with Gasteiger partial charge in [0.1, 0.15) is 11.5 Å². The summed E-state index contributed by atoms with van der Waals surface area (Å²) in [5.41, 5.74) is 8.08. The average molecular weight is 395 g/mol. The molecule has 3 aromatic rings. The van der Waals surface area contributed by atoms with E-state index in [1.807, 2.05) is 23.6 Å². The predicted octanol–water partition coefficient (Wildman–Crippen LogP) is 2.59. The number of imidazole rings is 1. The highest BCUT2D eigenvalue weighted by molar-refractivity contribution is 5.95. The van der Waals surface area contributed by atoms with Crippen LogP contribution in [0.1, 0.15) is 25.1 Å². The fraction of sp³-hybridized carbons (Fsp3) is 0.300. The second-order valence-corrected chi connectivity index (χ2v) is 6.81. The molecular formula is C20H21N5O4. The number of anilines is 1. The van der Waals surface area contributed by atoms with Gasteiger partial charge in [-0.05, 0) is 25.1 Å². The van der Waals surface area contributed by atoms with Crippen molar-refractivity contribution in [1.82, 2.24) is 9.55 Å². The summed E-state index contributed by atoms with van der Waals surface area (Å²) in [6.45, 7) is 3.61. The number of phenolic OH excluding ortho intramolecular Hbond substituents is 1. The molecule has 29 heavy (non-hydrogen) atoms. The first-order chi connectivity index (χ1) is 14.1. The maximum atomic E-state index is 10.5. The minimum atomic E-state index is -0.610. The van der Waals surface area contributed by atoms with E-state index >= 15 is 0 Å². The van der Waals surface area contributed by atoms with Gasteiger partial charge in [0.15, 0.2) is 23.6 Å². The van der Waals surface area contributed by atoms with Gasteiger partial charge >= 0.3 is 0 Å². The molecular weight excluding hydrogens is 374 g/mol. The number of nitrogens with two attached hydrogens (primary N) is 1. The summed E-state index contributed by atoms with van der Waals surface area (Å²) >= 11 is 0. The van der Waals surface area contributed by atoms with E-state index in [4.69, 9.17) is 19.9 Å². The molecule has 0 amide bonds. The molecule has 2 aliphatic rings. The van der Waals surface area contributed by atoms with Crippen molar-refractivity contribution < 1.29 is 19.3 Å². The minimum absolute atomic E-state index is 0.0963. The Morgan fingerprint density at radius 2 is 2.03 bits per heavy atom. The Hall–Kier alpha value is -3.62. The molecule has 0 radical (unpaired) electrons. The number of hydrogen-bond acceptors (Lipinski definition) is 8. The van der Waals surface area contributed by atoms with Crippen molar-refractivity contribution in [2.45, 2.75) is 19.5 Å². The van der Waals surface area contributed by atoms with E-state index in [0.717, 1.165) is 11.9 Å². The van der Waals surface area contributed by atoms with Crippen molar-refractivity contribution in [2.75, 3.05) is 25.1 Å². The molecule has 2 aliphatic heterocycles. The largest absolute Gasteiger partial charge is 0.508 e. The van der Waals surface area contributed by atoms with Crippen LogP contribution >= 0.6 is 0 Å². The molecule has 1 aromatic heterocycles. The van der Waals surface area contributed by atoms with Crippen LogP contribution < -0.4 is 25.3 Å². The van der Waals surface area contributed by atoms with Crippen LogP contribution in [0.3, 0.4) is 0 Å². The number of aliphatic imine (C=N–C) groups is 1. The van der Waals surface area contributed by atoms with Gasteiger partial charge in [0.2, 0.25) is 5.95 Å². The van der Waals surface area contributed by atoms with Crippen LogP contribution in [0.25, 0.3) is 11.0 Å². The number of nitrogens with zero attached hydrogens (tertiary/aromatic N) is 3. The third kappa shape index (κ3) is 2.95. The second kappa shape index (κ2) is 6.77. The van der Waals surface area contributed by atoms with E-state index in [1.54, 1.807) is 18.2 Å². The van der Waals surface area contributed by atoms with Crippen molar-refractivity contribution >= 4 is 22.9 Å². The lowest BCUT2D eigenvalue weighted by Crippen LogP contribution is -2.31. The molecule has 9 heteroatoms. The average Bonchev–Trinajstić information content (AvgIpc) is 2.89. The third-order valence-electron chi connectivity index (χ3n) is 4.89. The van der Waals surface area contributed by atoms with Crippen LogP contribution in [0.15, 0.2) is 35.3 Å². The number of fused-ring (bicyclic) bond motifs is 4. The Bertz CT molecular complexity index is 1120. The fourth-order valence-electron chi connectivity index (χ4n) is 3.63. The first-order valence-electron chi connectivity index (χ1n) is 9.51. The van der Waals surface area contributed by atoms with Crippen LogP contribution in [-0.2, 0) is 0 Å². The van der Waals surface area contributed by atoms with E-state index in [1.165, 1.54) is 0 Å². The Labute approximate surface area is 166 Å². The fourth-order valence-corrected chi connectivity index (χ4v) is 3.63. The molecule has 1 unspecified atom stereocenters. The molecule has 0 spiro atoms. The second-order valence-electron chi connectivity index (χ2n) is 6.81. The van der Waals surface area contributed by atoms with Gasteiger partial charge in [-0.2, -0.15) is 0 Å². The van der Waals surface area contributed by atoms with Crippen LogP contribution in [0.2, 0.25) is 0 Å². The van der Waals surface area contributed by atoms with Crippen LogP contribution in [0.5, 0.6) is 23.0 Å². The molecule has 5 rings (SSSR count). The van der Waals surface area contributed by atoms with Crippen molar-refractivity contribution in [2.24, 2.45) is 10.7 Å². The number of phenols is 1. The number of rotatable bonds is 3. The van der Waals surface area contributed by atoms with E-state index in [0.29, 0.717) is 54.1 Å². The van der Waals surface area contributed by atoms with Crippen molar-refractivity contribution in [3.05, 3.63) is 35.9 Å². The molecule has 1 atom stereocenters. The lowest BCUT2D eigenvalue weighted by Gasteiger charge is -2.24. The van der Waals surface area contributed by atoms with Gasteiger partial charge in [-0.25, -0.2) is 9.98 Å². The topological polar surface area (TPSA) is 116 Å². The summed E-state index contributed by atoms with van der Waals surface area (Å²) in [5.74, 6) is 2.80. The minimum Gasteiger partial charge on any atom is -0.508 e. The normalized spacial score (nSPS) is 17.8. The Morgan fingerprint density at radius 3 is 2.83 bits per heavy atom. The number of hydrogen-bond donors (Lipinski definition) is 3. The zero-order valence-corrected chi connectivity index (χ0v) is 15.9. The van der Waals surface area contributed by atoms with Gasteiger partial charge < -0.3 is 25.1 Å². The molecule has 0 fully saturated rings. The standard InChI is InChI=1S/C20H21N5O4/c1-2-27-11-4-5-15(26)12(8-11)18-23-19(21)24-20-22-13-9-16-17(10-14(13)25(18)20)29-7-3-6-28-16/h4-5,8-10,18,26H,2-3,6-7H2,1H3,(H3,21,22,23,24). The highest BCUT2D eigenvalue weighted by Crippen LogP contribution is 2.41. The number of aromatic hydroxyl groups is 1. The van der Waals surface area contributed by atoms with Crippen LogP contribution in [0.4, 0.5) is 5.95 Å². The van der Waals surface area contributed by atoms with Crippen molar-refractivity contribution in [3.63, 3.8) is 0 Å². The summed E-state index contributed by atoms with van der Waals surface area (Å²) in [6.07, 6.45) is 0.210. The maximum absolute atomic E-state index is 10.5. The van der Waals surface area contributed by atoms with E-state index in [2.05, 4.69) is 15.3 Å². The molecule has 150 valence electrons. The molecule has 3 heterocycles. The summed E-state index contributed by atoms with van der Waals surface area (Å²) in [5, 5.41) is 13.5. The first-order valence-corrected chi connectivity index (χ1v) is 9.51. The van der Waals surface area contributed by atoms with Crippen molar-refractivity contribution in [1.29, 1.82) is 0 Å². The summed E-state index contributed by atoms with van der Waals surface area (Å²) in [7, 11) is 0. The lowest BCUT2D eigenvalue weighted by atomic mass is 10.1. The highest BCUT2D eigenvalue weighted by Gasteiger charge is 2.28. The van der Waals surface area contributed by atoms with Crippen LogP contribution in [-0.4, -0.2) is 40.4 Å². The van der Waals surface area contributed by atoms with Gasteiger partial charge in [-0.3, -0.25) is 9.88 Å². The van der Waals surface area contributed by atoms with E-state index < -0.39 is 6.17 Å². The molecule has 9 nitrogen and oxygen atoms in total. The SMILES string of the molecule is CCOc1ccc(O)c(C2N=C(N)Nc3nc4cc5c(cc4n32)OCCCO5)c1. The van der Waals surface area contributed by atoms with E-state index in [9.17, 15) is 5.11 Å². The van der Waals surface area contributed by atoms with Gasteiger partial charge in [0, 0.05) is 24.1 Å². The monoisotopic (exact) mass is 395 g/mol. The van der Waals surface area contributed by atoms with Crippen molar-refractivity contribution in [3.8, 4) is 23.0 Å². The third-order valence-corrected chi connectivity index (χ3v) is 4.89. The summed E-state index contributed by atoms with van der Waals surface area (Å²) in [6, 6.07) is 8.82. The quantitative estimate of drug-likeness (QED) is 0.624. The first kappa shape index (κ1) is 17.5. The van der Waals surface area contributed by atoms with Gasteiger partial charge in [0.05, 0.1) is 30.9 Å². The van der Waals surface area contributed by atoms with E-state index in [-0.39, 0.29) is 11.7 Å². The number of nitrogens with one attached hydrogen (secondary N) is 1. The molecule has 0 saturated heterocycles. The number of ether oxygens (including phenoxy) is 3. The molecule has 0 bridgehead atoms. The highest BCUT2D eigenvalue weighted by atomic mass is 16.5. The predicted molar refractivity (Wildman–Crippen MR) is 108 cm³/mol. The van der Waals surface area contributed by atoms with Crippen LogP contribution in [0, 0.1) is 0 Å². The lowest BCUT2D eigenvalue weighted by molar-refractivity contribution is 0.297. The van der Waals surface area contributed by atoms with Gasteiger partial charge in [0.25, 0.3) is 0 Å². The molecule has 0 aliphatic carbocycles. The number of benzene rings is 2. The van der Waals surface area contributed by atoms with Gasteiger partial charge in [-0.1, -0.05) is 0 Å². The molecule has 0 saturated carbocycles.